The highest BCUT2D eigenvalue weighted by Crippen LogP contribution is 2.08. The van der Waals surface area contributed by atoms with Crippen LogP contribution >= 0.6 is 0 Å². The lowest BCUT2D eigenvalue weighted by atomic mass is 10.1. The Bertz CT molecular complexity index is 619. The summed E-state index contributed by atoms with van der Waals surface area (Å²) in [4.78, 5) is 19.5. The summed E-state index contributed by atoms with van der Waals surface area (Å²) in [6.07, 6.45) is 0. The summed E-state index contributed by atoms with van der Waals surface area (Å²) in [6, 6.07) is 13.7. The molecule has 0 spiro atoms. The first-order valence-corrected chi connectivity index (χ1v) is 7.16. The van der Waals surface area contributed by atoms with Gasteiger partial charge in [-0.2, -0.15) is 0 Å². The Morgan fingerprint density at radius 2 is 1.09 bits per heavy atom. The number of carboxylic acid groups (broad SMARTS) is 2. The minimum atomic E-state index is -0.864. The Labute approximate surface area is 137 Å². The van der Waals surface area contributed by atoms with Gasteiger partial charge in [0.2, 0.25) is 0 Å². The van der Waals surface area contributed by atoms with Crippen LogP contribution in [0.2, 0.25) is 0 Å². The molecule has 0 heterocycles. The molecule has 0 aliphatic carbocycles. The van der Waals surface area contributed by atoms with Crippen LogP contribution in [-0.2, 0) is 4.79 Å². The van der Waals surface area contributed by atoms with Gasteiger partial charge in [0.05, 0.1) is 5.56 Å². The molecule has 0 aliphatic heterocycles. The number of benzene rings is 2. The molecule has 23 heavy (non-hydrogen) atoms. The average Bonchev–Trinajstić information content (AvgIpc) is 2.37. The summed E-state index contributed by atoms with van der Waals surface area (Å²) in [5.41, 5.74) is 5.02. The van der Waals surface area contributed by atoms with E-state index in [4.69, 9.17) is 15.0 Å². The van der Waals surface area contributed by atoms with Crippen LogP contribution in [0.4, 0.5) is 0 Å². The highest BCUT2D eigenvalue weighted by Gasteiger charge is 2.02. The predicted molar refractivity (Wildman–Crippen MR) is 92.1 cm³/mol. The summed E-state index contributed by atoms with van der Waals surface area (Å²) < 4.78 is 0. The van der Waals surface area contributed by atoms with E-state index >= 15 is 0 Å². The van der Waals surface area contributed by atoms with E-state index < -0.39 is 11.9 Å². The van der Waals surface area contributed by atoms with E-state index in [1.165, 1.54) is 11.1 Å². The molecule has 2 aromatic rings. The molecule has 4 nitrogen and oxygen atoms in total. The molecule has 4 heteroatoms. The maximum Gasteiger partial charge on any atom is 0.335 e. The number of rotatable bonds is 1. The third-order valence-electron chi connectivity index (χ3n) is 2.64. The van der Waals surface area contributed by atoms with E-state index in [9.17, 15) is 4.79 Å². The van der Waals surface area contributed by atoms with Gasteiger partial charge in [0, 0.05) is 6.92 Å². The van der Waals surface area contributed by atoms with Crippen molar-refractivity contribution in [1.29, 1.82) is 0 Å². The molecule has 2 N–H and O–H groups in total. The minimum Gasteiger partial charge on any atom is -0.481 e. The third-order valence-corrected chi connectivity index (χ3v) is 2.64. The van der Waals surface area contributed by atoms with E-state index in [0.29, 0.717) is 5.56 Å². The molecule has 0 bridgehead atoms. The van der Waals surface area contributed by atoms with Gasteiger partial charge in [-0.1, -0.05) is 52.6 Å². The summed E-state index contributed by atoms with van der Waals surface area (Å²) in [5.74, 6) is -1.70. The van der Waals surface area contributed by atoms with Crippen LogP contribution < -0.4 is 0 Å². The molecule has 0 saturated heterocycles. The number of aliphatic carboxylic acids is 1. The van der Waals surface area contributed by atoms with Gasteiger partial charge in [0.1, 0.15) is 0 Å². The number of carboxylic acids is 2. The van der Waals surface area contributed by atoms with Crippen LogP contribution in [0.1, 0.15) is 39.5 Å². The van der Waals surface area contributed by atoms with Crippen molar-refractivity contribution < 1.29 is 19.8 Å². The maximum atomic E-state index is 10.5. The van der Waals surface area contributed by atoms with E-state index in [-0.39, 0.29) is 0 Å². The summed E-state index contributed by atoms with van der Waals surface area (Å²) in [6.45, 7) is 9.07. The Kier molecular flexibility index (Phi) is 9.01. The molecule has 2 aromatic carbocycles. The van der Waals surface area contributed by atoms with Gasteiger partial charge in [-0.25, -0.2) is 4.79 Å². The zero-order chi connectivity index (χ0) is 18.0. The number of aromatic carboxylic acids is 1. The largest absolute Gasteiger partial charge is 0.481 e. The molecule has 0 amide bonds. The van der Waals surface area contributed by atoms with Crippen LogP contribution in [0.25, 0.3) is 0 Å². The third kappa shape index (κ3) is 10.7. The van der Waals surface area contributed by atoms with Crippen LogP contribution in [0.3, 0.4) is 0 Å². The first-order valence-electron chi connectivity index (χ1n) is 7.16. The summed E-state index contributed by atoms with van der Waals surface area (Å²) in [5, 5.41) is 16.1. The standard InChI is InChI=1S/C9H10O2.C8H10.C2H4O2/c1-6-3-7(2)5-8(4-6)9(10)11;1-7-4-3-5-8(2)6-7;1-2(3)4/h3-5H,1-2H3,(H,10,11);3-6H,1-2H3;1H3,(H,3,4). The van der Waals surface area contributed by atoms with Crippen LogP contribution in [0.5, 0.6) is 0 Å². The fourth-order valence-corrected chi connectivity index (χ4v) is 1.91. The number of hydrogen-bond donors (Lipinski definition) is 2. The van der Waals surface area contributed by atoms with Crippen LogP contribution in [-0.4, -0.2) is 22.2 Å². The lowest BCUT2D eigenvalue weighted by Gasteiger charge is -1.98. The number of aryl methyl sites for hydroxylation is 4. The fourth-order valence-electron chi connectivity index (χ4n) is 1.91. The van der Waals surface area contributed by atoms with Crippen molar-refractivity contribution in [1.82, 2.24) is 0 Å². The second-order valence-corrected chi connectivity index (χ2v) is 5.36. The normalized spacial score (nSPS) is 8.91. The average molecular weight is 316 g/mol. The molecule has 0 fully saturated rings. The quantitative estimate of drug-likeness (QED) is 0.818. The Morgan fingerprint density at radius 1 is 0.739 bits per heavy atom. The van der Waals surface area contributed by atoms with Gasteiger partial charge < -0.3 is 10.2 Å². The molecule has 0 saturated carbocycles. The summed E-state index contributed by atoms with van der Waals surface area (Å²) >= 11 is 0. The van der Waals surface area contributed by atoms with Gasteiger partial charge >= 0.3 is 5.97 Å². The van der Waals surface area contributed by atoms with Crippen LogP contribution in [0, 0.1) is 27.7 Å². The molecule has 0 aliphatic rings. The van der Waals surface area contributed by atoms with Gasteiger partial charge in [-0.05, 0) is 39.8 Å². The van der Waals surface area contributed by atoms with E-state index in [0.717, 1.165) is 18.1 Å². The van der Waals surface area contributed by atoms with Crippen molar-refractivity contribution >= 4 is 11.9 Å². The smallest absolute Gasteiger partial charge is 0.335 e. The first-order chi connectivity index (χ1) is 10.6. The van der Waals surface area contributed by atoms with Crippen LogP contribution in [0.15, 0.2) is 42.5 Å². The minimum absolute atomic E-state index is 0.363. The lowest BCUT2D eigenvalue weighted by molar-refractivity contribution is -0.134. The van der Waals surface area contributed by atoms with Gasteiger partial charge in [0.25, 0.3) is 5.97 Å². The lowest BCUT2D eigenvalue weighted by Crippen LogP contribution is -1.96. The van der Waals surface area contributed by atoms with E-state index in [1.54, 1.807) is 12.1 Å². The molecule has 124 valence electrons. The molecule has 2 rings (SSSR count). The van der Waals surface area contributed by atoms with Gasteiger partial charge in [-0.3, -0.25) is 4.79 Å². The van der Waals surface area contributed by atoms with Crippen molar-refractivity contribution in [3.8, 4) is 0 Å². The molecule has 0 aromatic heterocycles. The Morgan fingerprint density at radius 3 is 1.35 bits per heavy atom. The van der Waals surface area contributed by atoms with Gasteiger partial charge in [0.15, 0.2) is 0 Å². The number of carbonyl (C=O) groups is 2. The maximum absolute atomic E-state index is 10.5. The Balaban J connectivity index is 0.000000354. The fraction of sp³-hybridized carbons (Fsp3) is 0.263. The summed E-state index contributed by atoms with van der Waals surface area (Å²) in [7, 11) is 0. The topological polar surface area (TPSA) is 74.6 Å². The predicted octanol–water partition coefficient (Wildman–Crippen LogP) is 4.40. The van der Waals surface area contributed by atoms with Crippen molar-refractivity contribution in [3.05, 3.63) is 70.3 Å². The zero-order valence-corrected chi connectivity index (χ0v) is 14.3. The molecular weight excluding hydrogens is 292 g/mol. The van der Waals surface area contributed by atoms with E-state index in [1.807, 2.05) is 19.9 Å². The molecular formula is C19H24O4. The zero-order valence-electron chi connectivity index (χ0n) is 14.3. The highest BCUT2D eigenvalue weighted by atomic mass is 16.4. The van der Waals surface area contributed by atoms with Gasteiger partial charge in [-0.15, -0.1) is 0 Å². The second kappa shape index (κ2) is 10.2. The molecule has 0 atom stereocenters. The van der Waals surface area contributed by atoms with Crippen molar-refractivity contribution in [2.75, 3.05) is 0 Å². The second-order valence-electron chi connectivity index (χ2n) is 5.36. The highest BCUT2D eigenvalue weighted by molar-refractivity contribution is 5.88. The van der Waals surface area contributed by atoms with Crippen molar-refractivity contribution in [2.45, 2.75) is 34.6 Å². The monoisotopic (exact) mass is 316 g/mol. The van der Waals surface area contributed by atoms with E-state index in [2.05, 4.69) is 38.1 Å². The Hall–Kier alpha value is -2.62. The molecule has 0 unspecified atom stereocenters. The van der Waals surface area contributed by atoms with Crippen molar-refractivity contribution in [3.63, 3.8) is 0 Å². The van der Waals surface area contributed by atoms with Crippen molar-refractivity contribution in [2.24, 2.45) is 0 Å². The SMILES string of the molecule is CC(=O)O.Cc1cc(C)cc(C(=O)O)c1.Cc1cccc(C)c1. The number of hydrogen-bond acceptors (Lipinski definition) is 2. The first kappa shape index (κ1) is 20.4. The molecule has 0 radical (unpaired) electrons.